The Morgan fingerprint density at radius 2 is 1.91 bits per heavy atom. The van der Waals surface area contributed by atoms with E-state index in [1.54, 1.807) is 24.3 Å². The zero-order valence-corrected chi connectivity index (χ0v) is 12.7. The number of rotatable bonds is 3. The number of hydrogen-bond donors (Lipinski definition) is 1. The summed E-state index contributed by atoms with van der Waals surface area (Å²) in [6, 6.07) is 11.0. The predicted octanol–water partition coefficient (Wildman–Crippen LogP) is 4.25. The molecule has 0 spiro atoms. The number of nitrogen functional groups attached to an aromatic ring is 1. The molecule has 2 N–H and O–H groups in total. The number of benzene rings is 1. The van der Waals surface area contributed by atoms with Crippen LogP contribution in [0.15, 0.2) is 48.7 Å². The van der Waals surface area contributed by atoms with Gasteiger partial charge in [0.1, 0.15) is 16.8 Å². The molecule has 23 heavy (non-hydrogen) atoms. The average molecular weight is 332 g/mol. The van der Waals surface area contributed by atoms with Gasteiger partial charge in [0.05, 0.1) is 11.9 Å². The van der Waals surface area contributed by atoms with Crippen molar-refractivity contribution in [3.8, 4) is 11.3 Å². The molecule has 0 aliphatic heterocycles. The van der Waals surface area contributed by atoms with Crippen LogP contribution in [0.1, 0.15) is 11.1 Å². The molecule has 0 aliphatic rings. The van der Waals surface area contributed by atoms with Gasteiger partial charge in [0, 0.05) is 5.56 Å². The molecule has 1 aromatic carbocycles. The summed E-state index contributed by atoms with van der Waals surface area (Å²) in [7, 11) is 0. The van der Waals surface area contributed by atoms with E-state index < -0.39 is 5.82 Å². The summed E-state index contributed by atoms with van der Waals surface area (Å²) in [6.07, 6.45) is 1.42. The van der Waals surface area contributed by atoms with Gasteiger partial charge in [-0.3, -0.25) is 0 Å². The highest BCUT2D eigenvalue weighted by Crippen LogP contribution is 2.28. The molecule has 0 bridgehead atoms. The molecule has 0 fully saturated rings. The van der Waals surface area contributed by atoms with E-state index in [9.17, 15) is 8.78 Å². The topological polar surface area (TPSA) is 51.8 Å². The van der Waals surface area contributed by atoms with Crippen LogP contribution in [0.25, 0.3) is 11.3 Å². The van der Waals surface area contributed by atoms with E-state index in [1.807, 2.05) is 0 Å². The fourth-order valence-corrected chi connectivity index (χ4v) is 2.50. The van der Waals surface area contributed by atoms with Gasteiger partial charge in [0.15, 0.2) is 5.82 Å². The Balaban J connectivity index is 2.10. The lowest BCUT2D eigenvalue weighted by atomic mass is 9.99. The number of nitrogens with two attached hydrogens (primary N) is 1. The molecule has 0 atom stereocenters. The molecule has 2 heterocycles. The number of nitrogens with zero attached hydrogens (tertiary/aromatic N) is 2. The number of aromatic nitrogens is 2. The van der Waals surface area contributed by atoms with E-state index in [-0.39, 0.29) is 22.4 Å². The van der Waals surface area contributed by atoms with Gasteiger partial charge in [0.2, 0.25) is 0 Å². The average Bonchev–Trinajstić information content (AvgIpc) is 2.52. The highest BCUT2D eigenvalue weighted by atomic mass is 35.5. The molecule has 3 nitrogen and oxygen atoms in total. The first-order chi connectivity index (χ1) is 11.0. The number of anilines is 1. The molecule has 116 valence electrons. The zero-order chi connectivity index (χ0) is 16.4. The smallest absolute Gasteiger partial charge is 0.150 e. The SMILES string of the molecule is Nc1ccc(Cc2cccc(F)c2)c(-c2cc(Cl)ncc2F)n1. The second-order valence-electron chi connectivity index (χ2n) is 5.04. The van der Waals surface area contributed by atoms with Gasteiger partial charge in [0.25, 0.3) is 0 Å². The largest absolute Gasteiger partial charge is 0.384 e. The van der Waals surface area contributed by atoms with E-state index >= 15 is 0 Å². The van der Waals surface area contributed by atoms with Gasteiger partial charge < -0.3 is 5.73 Å². The lowest BCUT2D eigenvalue weighted by Gasteiger charge is -2.11. The molecule has 0 saturated carbocycles. The second-order valence-corrected chi connectivity index (χ2v) is 5.42. The molecule has 0 unspecified atom stereocenters. The fourth-order valence-electron chi connectivity index (χ4n) is 2.34. The maximum Gasteiger partial charge on any atom is 0.150 e. The standard InChI is InChI=1S/C17H12ClF2N3/c18-15-8-13(14(20)9-22-15)17-11(4-5-16(21)23-17)6-10-2-1-3-12(19)7-10/h1-5,7-9H,6H2,(H2,21,23). The summed E-state index contributed by atoms with van der Waals surface area (Å²) in [6.45, 7) is 0. The maximum absolute atomic E-state index is 14.1. The molecule has 2 aromatic heterocycles. The summed E-state index contributed by atoms with van der Waals surface area (Å²) >= 11 is 5.85. The summed E-state index contributed by atoms with van der Waals surface area (Å²) < 4.78 is 27.5. The lowest BCUT2D eigenvalue weighted by molar-refractivity contribution is 0.623. The Hall–Kier alpha value is -2.53. The molecule has 0 amide bonds. The zero-order valence-electron chi connectivity index (χ0n) is 11.9. The monoisotopic (exact) mass is 331 g/mol. The number of halogens is 3. The van der Waals surface area contributed by atoms with Crippen LogP contribution < -0.4 is 5.73 Å². The molecular weight excluding hydrogens is 320 g/mol. The number of pyridine rings is 2. The third kappa shape index (κ3) is 3.46. The van der Waals surface area contributed by atoms with Crippen LogP contribution in [0.2, 0.25) is 5.15 Å². The minimum Gasteiger partial charge on any atom is -0.384 e. The molecule has 0 radical (unpaired) electrons. The van der Waals surface area contributed by atoms with Crippen LogP contribution in [0, 0.1) is 11.6 Å². The van der Waals surface area contributed by atoms with E-state index in [4.69, 9.17) is 17.3 Å². The first-order valence-electron chi connectivity index (χ1n) is 6.84. The second kappa shape index (κ2) is 6.30. The van der Waals surface area contributed by atoms with E-state index in [0.29, 0.717) is 17.7 Å². The Kier molecular flexibility index (Phi) is 4.21. The van der Waals surface area contributed by atoms with Crippen molar-refractivity contribution in [2.24, 2.45) is 0 Å². The lowest BCUT2D eigenvalue weighted by Crippen LogP contribution is -2.01. The molecule has 3 aromatic rings. The minimum atomic E-state index is -0.548. The van der Waals surface area contributed by atoms with Crippen molar-refractivity contribution < 1.29 is 8.78 Å². The van der Waals surface area contributed by atoms with Gasteiger partial charge in [-0.2, -0.15) is 0 Å². The van der Waals surface area contributed by atoms with Crippen LogP contribution in [0.4, 0.5) is 14.6 Å². The molecule has 0 aliphatic carbocycles. The van der Waals surface area contributed by atoms with Crippen molar-refractivity contribution in [3.63, 3.8) is 0 Å². The molecule has 0 saturated heterocycles. The highest BCUT2D eigenvalue weighted by molar-refractivity contribution is 6.29. The van der Waals surface area contributed by atoms with E-state index in [1.165, 1.54) is 18.2 Å². The Labute approximate surface area is 136 Å². The van der Waals surface area contributed by atoms with Gasteiger partial charge in [-0.25, -0.2) is 18.7 Å². The minimum absolute atomic E-state index is 0.155. The van der Waals surface area contributed by atoms with E-state index in [2.05, 4.69) is 9.97 Å². The molecular formula is C17H12ClF2N3. The van der Waals surface area contributed by atoms with Crippen LogP contribution >= 0.6 is 11.6 Å². The van der Waals surface area contributed by atoms with Gasteiger partial charge in [-0.05, 0) is 41.8 Å². The third-order valence-electron chi connectivity index (χ3n) is 3.36. The molecule has 6 heteroatoms. The fraction of sp³-hybridized carbons (Fsp3) is 0.0588. The molecule has 3 rings (SSSR count). The Morgan fingerprint density at radius 3 is 2.70 bits per heavy atom. The first kappa shape index (κ1) is 15.4. The summed E-state index contributed by atoms with van der Waals surface area (Å²) in [5.41, 5.74) is 7.77. The van der Waals surface area contributed by atoms with Crippen LogP contribution in [0.5, 0.6) is 0 Å². The van der Waals surface area contributed by atoms with Gasteiger partial charge in [-0.1, -0.05) is 29.8 Å². The quantitative estimate of drug-likeness (QED) is 0.730. The van der Waals surface area contributed by atoms with Crippen LogP contribution in [-0.2, 0) is 6.42 Å². The van der Waals surface area contributed by atoms with Crippen molar-refractivity contribution in [1.82, 2.24) is 9.97 Å². The predicted molar refractivity (Wildman–Crippen MR) is 86.1 cm³/mol. The van der Waals surface area contributed by atoms with Crippen molar-refractivity contribution in [2.45, 2.75) is 6.42 Å². The van der Waals surface area contributed by atoms with E-state index in [0.717, 1.165) is 11.8 Å². The third-order valence-corrected chi connectivity index (χ3v) is 3.57. The van der Waals surface area contributed by atoms with Crippen molar-refractivity contribution in [2.75, 3.05) is 5.73 Å². The summed E-state index contributed by atoms with van der Waals surface area (Å²) in [4.78, 5) is 7.92. The Morgan fingerprint density at radius 1 is 1.09 bits per heavy atom. The summed E-state index contributed by atoms with van der Waals surface area (Å²) in [5.74, 6) is -0.617. The Bertz CT molecular complexity index is 868. The van der Waals surface area contributed by atoms with Crippen LogP contribution in [0.3, 0.4) is 0 Å². The normalized spacial score (nSPS) is 10.7. The highest BCUT2D eigenvalue weighted by Gasteiger charge is 2.14. The first-order valence-corrected chi connectivity index (χ1v) is 7.22. The maximum atomic E-state index is 14.1. The van der Waals surface area contributed by atoms with Crippen LogP contribution in [-0.4, -0.2) is 9.97 Å². The van der Waals surface area contributed by atoms with Gasteiger partial charge in [-0.15, -0.1) is 0 Å². The number of hydrogen-bond acceptors (Lipinski definition) is 3. The van der Waals surface area contributed by atoms with Crippen molar-refractivity contribution in [1.29, 1.82) is 0 Å². The van der Waals surface area contributed by atoms with Gasteiger partial charge >= 0.3 is 0 Å². The van der Waals surface area contributed by atoms with Crippen molar-refractivity contribution in [3.05, 3.63) is 76.6 Å². The van der Waals surface area contributed by atoms with Crippen molar-refractivity contribution >= 4 is 17.4 Å². The summed E-state index contributed by atoms with van der Waals surface area (Å²) in [5, 5.41) is 0.155.